The molecule has 6 heteroatoms. The van der Waals surface area contributed by atoms with Crippen LogP contribution in [-0.2, 0) is 9.59 Å². The number of fused-ring (bicyclic) bond motifs is 1. The van der Waals surface area contributed by atoms with Crippen molar-refractivity contribution in [1.82, 2.24) is 9.80 Å². The van der Waals surface area contributed by atoms with E-state index >= 15 is 0 Å². The van der Waals surface area contributed by atoms with Crippen molar-refractivity contribution in [2.45, 2.75) is 57.7 Å². The lowest BCUT2D eigenvalue weighted by Gasteiger charge is -2.49. The van der Waals surface area contributed by atoms with Gasteiger partial charge in [0.05, 0.1) is 13.2 Å². The van der Waals surface area contributed by atoms with Gasteiger partial charge in [0.15, 0.2) is 6.61 Å². The minimum atomic E-state index is 0.00259. The van der Waals surface area contributed by atoms with E-state index < -0.39 is 0 Å². The van der Waals surface area contributed by atoms with Gasteiger partial charge in [-0.05, 0) is 49.9 Å². The Morgan fingerprint density at radius 2 is 1.81 bits per heavy atom. The molecular weight excluding hydrogens is 344 g/mol. The summed E-state index contributed by atoms with van der Waals surface area (Å²) in [6, 6.07) is 7.85. The fourth-order valence-electron chi connectivity index (χ4n) is 5.65. The number of methoxy groups -OCH3 is 1. The molecule has 0 aromatic heterocycles. The second kappa shape index (κ2) is 6.73. The van der Waals surface area contributed by atoms with Crippen LogP contribution in [0.4, 0.5) is 0 Å². The summed E-state index contributed by atoms with van der Waals surface area (Å²) in [7, 11) is 1.62. The molecule has 2 amide bonds. The average molecular weight is 372 g/mol. The topological polar surface area (TPSA) is 59.1 Å². The summed E-state index contributed by atoms with van der Waals surface area (Å²) in [4.78, 5) is 29.3. The summed E-state index contributed by atoms with van der Waals surface area (Å²) in [5.74, 6) is 1.56. The Bertz CT molecular complexity index is 734. The Hall–Kier alpha value is -2.24. The predicted molar refractivity (Wildman–Crippen MR) is 101 cm³/mol. The number of hydrogen-bond donors (Lipinski definition) is 0. The first-order valence-corrected chi connectivity index (χ1v) is 9.79. The summed E-state index contributed by atoms with van der Waals surface area (Å²) >= 11 is 0. The fraction of sp³-hybridized carbons (Fsp3) is 0.619. The van der Waals surface area contributed by atoms with Crippen molar-refractivity contribution >= 4 is 11.8 Å². The lowest BCUT2D eigenvalue weighted by molar-refractivity contribution is -0.142. The molecule has 1 aromatic rings. The molecule has 0 N–H and O–H groups in total. The number of carbonyl (C=O) groups excluding carboxylic acids is 2. The number of carbonyl (C=O) groups is 2. The Labute approximate surface area is 160 Å². The number of ether oxygens (including phenoxy) is 2. The van der Waals surface area contributed by atoms with E-state index in [1.165, 1.54) is 0 Å². The summed E-state index contributed by atoms with van der Waals surface area (Å²) in [5, 5.41) is 0. The molecule has 6 nitrogen and oxygen atoms in total. The maximum absolute atomic E-state index is 13.0. The highest BCUT2D eigenvalue weighted by Crippen LogP contribution is 2.54. The summed E-state index contributed by atoms with van der Waals surface area (Å²) < 4.78 is 10.9. The molecule has 2 saturated heterocycles. The minimum Gasteiger partial charge on any atom is -0.497 e. The minimum absolute atomic E-state index is 0.00259. The first-order valence-electron chi connectivity index (χ1n) is 9.79. The first-order chi connectivity index (χ1) is 12.9. The number of hydrogen-bond acceptors (Lipinski definition) is 4. The van der Waals surface area contributed by atoms with Crippen molar-refractivity contribution in [2.24, 2.45) is 5.41 Å². The van der Waals surface area contributed by atoms with Crippen molar-refractivity contribution in [3.05, 3.63) is 24.3 Å². The van der Waals surface area contributed by atoms with Gasteiger partial charge < -0.3 is 19.3 Å². The molecule has 0 radical (unpaired) electrons. The fourth-order valence-corrected chi connectivity index (χ4v) is 5.65. The van der Waals surface area contributed by atoms with Gasteiger partial charge in [0.2, 0.25) is 5.91 Å². The van der Waals surface area contributed by atoms with Gasteiger partial charge in [-0.2, -0.15) is 0 Å². The van der Waals surface area contributed by atoms with Gasteiger partial charge in [-0.1, -0.05) is 6.92 Å². The third kappa shape index (κ3) is 2.95. The van der Waals surface area contributed by atoms with E-state index in [4.69, 9.17) is 9.47 Å². The van der Waals surface area contributed by atoms with Crippen LogP contribution in [-0.4, -0.2) is 60.0 Å². The van der Waals surface area contributed by atoms with E-state index in [2.05, 4.69) is 11.8 Å². The molecule has 4 atom stereocenters. The average Bonchev–Trinajstić information content (AvgIpc) is 2.96. The molecule has 3 aliphatic rings. The maximum Gasteiger partial charge on any atom is 0.260 e. The van der Waals surface area contributed by atoms with E-state index in [-0.39, 0.29) is 42.0 Å². The zero-order valence-corrected chi connectivity index (χ0v) is 16.3. The number of piperidine rings is 1. The Morgan fingerprint density at radius 1 is 1.15 bits per heavy atom. The lowest BCUT2D eigenvalue weighted by atomic mass is 9.66. The van der Waals surface area contributed by atoms with E-state index in [0.29, 0.717) is 12.3 Å². The van der Waals surface area contributed by atoms with Crippen molar-refractivity contribution in [2.75, 3.05) is 20.3 Å². The SMILES string of the molecule is COc1ccc(OCC(=O)N2C[C@@H]3C[C@@]4(C)[C@H](CCC[C@@H]24)N3C(C)=O)cc1. The lowest BCUT2D eigenvalue weighted by Crippen LogP contribution is -2.58. The van der Waals surface area contributed by atoms with E-state index in [1.54, 1.807) is 26.2 Å². The number of likely N-dealkylation sites (tertiary alicyclic amines) is 2. The van der Waals surface area contributed by atoms with Crippen LogP contribution in [0.25, 0.3) is 0 Å². The molecular formula is C21H28N2O4. The highest BCUT2D eigenvalue weighted by molar-refractivity contribution is 5.79. The smallest absolute Gasteiger partial charge is 0.260 e. The van der Waals surface area contributed by atoms with E-state index in [1.807, 2.05) is 17.0 Å². The molecule has 2 bridgehead atoms. The summed E-state index contributed by atoms with van der Waals surface area (Å²) in [6.07, 6.45) is 4.13. The molecule has 2 heterocycles. The van der Waals surface area contributed by atoms with Gasteiger partial charge in [-0.25, -0.2) is 0 Å². The molecule has 3 fully saturated rings. The van der Waals surface area contributed by atoms with Crippen LogP contribution in [0.3, 0.4) is 0 Å². The summed E-state index contributed by atoms with van der Waals surface area (Å²) in [6.45, 7) is 4.57. The van der Waals surface area contributed by atoms with Crippen molar-refractivity contribution in [3.63, 3.8) is 0 Å². The standard InChI is InChI=1S/C21H28N2O4/c1-14(24)23-15-11-21(2)18(5-4-6-19(21)23)22(12-15)20(25)13-27-17-9-7-16(26-3)8-10-17/h7-10,15,18-19H,4-6,11-13H2,1-3H3/t15-,18+,19-,21+/m0/s1. The van der Waals surface area contributed by atoms with Crippen LogP contribution < -0.4 is 9.47 Å². The van der Waals surface area contributed by atoms with Crippen LogP contribution in [0.5, 0.6) is 11.5 Å². The van der Waals surface area contributed by atoms with Crippen LogP contribution in [0.15, 0.2) is 24.3 Å². The molecule has 1 aromatic carbocycles. The zero-order chi connectivity index (χ0) is 19.2. The number of benzene rings is 1. The Morgan fingerprint density at radius 3 is 2.48 bits per heavy atom. The van der Waals surface area contributed by atoms with Gasteiger partial charge in [0, 0.05) is 31.0 Å². The molecule has 4 rings (SSSR count). The van der Waals surface area contributed by atoms with Gasteiger partial charge in [-0.3, -0.25) is 9.59 Å². The number of amides is 2. The second-order valence-corrected chi connectivity index (χ2v) is 8.26. The zero-order valence-electron chi connectivity index (χ0n) is 16.3. The predicted octanol–water partition coefficient (Wildman–Crippen LogP) is 2.46. The number of rotatable bonds is 4. The van der Waals surface area contributed by atoms with Crippen LogP contribution in [0.2, 0.25) is 0 Å². The summed E-state index contributed by atoms with van der Waals surface area (Å²) in [5.41, 5.74) is 0.00259. The monoisotopic (exact) mass is 372 g/mol. The Balaban J connectivity index is 1.48. The molecule has 2 aliphatic heterocycles. The molecule has 0 unspecified atom stereocenters. The van der Waals surface area contributed by atoms with Crippen molar-refractivity contribution in [3.8, 4) is 11.5 Å². The van der Waals surface area contributed by atoms with Gasteiger partial charge >= 0.3 is 0 Å². The maximum atomic E-state index is 13.0. The molecule has 27 heavy (non-hydrogen) atoms. The number of nitrogens with zero attached hydrogens (tertiary/aromatic N) is 2. The van der Waals surface area contributed by atoms with E-state index in [9.17, 15) is 9.59 Å². The van der Waals surface area contributed by atoms with Crippen LogP contribution >= 0.6 is 0 Å². The second-order valence-electron chi connectivity index (χ2n) is 8.26. The van der Waals surface area contributed by atoms with Gasteiger partial charge in [0.1, 0.15) is 11.5 Å². The highest BCUT2D eigenvalue weighted by Gasteiger charge is 2.61. The quantitative estimate of drug-likeness (QED) is 0.815. The molecule has 1 saturated carbocycles. The van der Waals surface area contributed by atoms with Crippen molar-refractivity contribution in [1.29, 1.82) is 0 Å². The van der Waals surface area contributed by atoms with Gasteiger partial charge in [-0.15, -0.1) is 0 Å². The third-order valence-corrected chi connectivity index (χ3v) is 6.77. The largest absolute Gasteiger partial charge is 0.497 e. The molecule has 0 spiro atoms. The van der Waals surface area contributed by atoms with Crippen molar-refractivity contribution < 1.29 is 19.1 Å². The molecule has 146 valence electrons. The van der Waals surface area contributed by atoms with E-state index in [0.717, 1.165) is 31.4 Å². The highest BCUT2D eigenvalue weighted by atomic mass is 16.5. The third-order valence-electron chi connectivity index (χ3n) is 6.77. The molecule has 1 aliphatic carbocycles. The van der Waals surface area contributed by atoms with Crippen LogP contribution in [0, 0.1) is 5.41 Å². The van der Waals surface area contributed by atoms with Crippen LogP contribution in [0.1, 0.15) is 39.5 Å². The normalized spacial score (nSPS) is 31.6. The Kier molecular flexibility index (Phi) is 4.52. The first kappa shape index (κ1) is 18.1. The van der Waals surface area contributed by atoms with Gasteiger partial charge in [0.25, 0.3) is 5.91 Å².